The molecular weight excluding hydrogens is 432 g/mol. The number of rotatable bonds is 13. The van der Waals surface area contributed by atoms with E-state index < -0.39 is 36.7 Å². The number of aryl methyl sites for hydroxylation is 2. The number of nitrogens with one attached hydrogen (secondary N) is 2. The van der Waals surface area contributed by atoms with Gasteiger partial charge in [-0.25, -0.2) is 18.6 Å². The number of carboxylic acids is 1. The van der Waals surface area contributed by atoms with Crippen molar-refractivity contribution in [2.45, 2.75) is 83.3 Å². The molecule has 33 heavy (non-hydrogen) atoms. The van der Waals surface area contributed by atoms with E-state index in [9.17, 15) is 23.5 Å². The van der Waals surface area contributed by atoms with Gasteiger partial charge in [0.25, 0.3) is 0 Å². The van der Waals surface area contributed by atoms with Crippen LogP contribution in [0.3, 0.4) is 0 Å². The highest BCUT2D eigenvalue weighted by atomic mass is 19.3. The lowest BCUT2D eigenvalue weighted by Gasteiger charge is -2.35. The van der Waals surface area contributed by atoms with Crippen LogP contribution in [0.5, 0.6) is 0 Å². The van der Waals surface area contributed by atoms with Crippen molar-refractivity contribution >= 4 is 17.7 Å². The monoisotopic (exact) mass is 467 g/mol. The van der Waals surface area contributed by atoms with Crippen molar-refractivity contribution in [2.75, 3.05) is 18.5 Å². The van der Waals surface area contributed by atoms with Crippen LogP contribution >= 0.6 is 0 Å². The number of amides is 1. The number of hydrogen-bond acceptors (Lipinski definition) is 5. The summed E-state index contributed by atoms with van der Waals surface area (Å²) in [6, 6.07) is 3.15. The summed E-state index contributed by atoms with van der Waals surface area (Å²) in [7, 11) is 0. The molecule has 1 aliphatic heterocycles. The van der Waals surface area contributed by atoms with Crippen molar-refractivity contribution in [1.82, 2.24) is 10.3 Å². The molecule has 1 aliphatic carbocycles. The second-order valence-corrected chi connectivity index (χ2v) is 9.13. The summed E-state index contributed by atoms with van der Waals surface area (Å²) in [5.74, 6) is -1.12. The third-order valence-corrected chi connectivity index (χ3v) is 6.65. The Kier molecular flexibility index (Phi) is 9.41. The van der Waals surface area contributed by atoms with Crippen LogP contribution in [-0.2, 0) is 27.2 Å². The first-order valence-electron chi connectivity index (χ1n) is 12.0. The van der Waals surface area contributed by atoms with Crippen molar-refractivity contribution in [2.24, 2.45) is 11.8 Å². The molecule has 1 amide bonds. The minimum atomic E-state index is -2.60. The quantitative estimate of drug-likeness (QED) is 0.408. The summed E-state index contributed by atoms with van der Waals surface area (Å²) in [5, 5.41) is 15.1. The molecule has 3 rings (SSSR count). The number of nitrogens with zero attached hydrogens (tertiary/aromatic N) is 1. The molecule has 1 aromatic rings. The number of hydrogen-bond donors (Lipinski definition) is 3. The number of carboxylic acid groups (broad SMARTS) is 1. The van der Waals surface area contributed by atoms with Crippen LogP contribution in [0, 0.1) is 11.8 Å². The Labute approximate surface area is 193 Å². The fourth-order valence-corrected chi connectivity index (χ4v) is 4.48. The van der Waals surface area contributed by atoms with Gasteiger partial charge < -0.3 is 20.5 Å². The number of carbonyl (C=O) groups is 2. The maximum Gasteiger partial charge on any atom is 0.326 e. The predicted molar refractivity (Wildman–Crippen MR) is 120 cm³/mol. The average Bonchev–Trinajstić information content (AvgIpc) is 2.76. The number of anilines is 1. The number of aliphatic carboxylic acids is 1. The molecule has 2 atom stereocenters. The SMILES string of the molecule is CC[C@H](CC(F)F)C(=O)N[C@@H](CCOC1CC(CCc2ccc3c(n2)NCCC3)C1)C(=O)O. The first-order chi connectivity index (χ1) is 15.9. The standard InChI is InChI=1S/C24H35F2N3O4/c1-2-16(14-21(25)26)23(30)29-20(24(31)32)9-11-33-19-12-15(13-19)5-7-18-8-6-17-4-3-10-27-22(17)28-18/h6,8,15-16,19-21H,2-5,7,9-14H2,1H3,(H,27,28)(H,29,30)(H,31,32)/t15?,16-,19?,20+/m1/s1. The largest absolute Gasteiger partial charge is 0.480 e. The van der Waals surface area contributed by atoms with Crippen molar-refractivity contribution in [1.29, 1.82) is 0 Å². The molecular formula is C24H35F2N3O4. The molecule has 7 nitrogen and oxygen atoms in total. The molecule has 0 spiro atoms. The van der Waals surface area contributed by atoms with Crippen LogP contribution in [0.4, 0.5) is 14.6 Å². The van der Waals surface area contributed by atoms with Gasteiger partial charge in [0.05, 0.1) is 6.10 Å². The van der Waals surface area contributed by atoms with Gasteiger partial charge in [-0.2, -0.15) is 0 Å². The molecule has 2 aliphatic rings. The van der Waals surface area contributed by atoms with Crippen molar-refractivity contribution in [3.05, 3.63) is 23.4 Å². The molecule has 1 aromatic heterocycles. The number of carbonyl (C=O) groups excluding carboxylic acids is 1. The summed E-state index contributed by atoms with van der Waals surface area (Å²) < 4.78 is 31.0. The van der Waals surface area contributed by atoms with Gasteiger partial charge in [-0.05, 0) is 62.5 Å². The molecule has 2 heterocycles. The molecule has 0 unspecified atom stereocenters. The summed E-state index contributed by atoms with van der Waals surface area (Å²) in [5.41, 5.74) is 2.39. The zero-order valence-electron chi connectivity index (χ0n) is 19.2. The molecule has 9 heteroatoms. The van der Waals surface area contributed by atoms with Gasteiger partial charge in [0.2, 0.25) is 12.3 Å². The molecule has 0 radical (unpaired) electrons. The van der Waals surface area contributed by atoms with E-state index in [1.54, 1.807) is 6.92 Å². The summed E-state index contributed by atoms with van der Waals surface area (Å²) >= 11 is 0. The molecule has 0 saturated heterocycles. The van der Waals surface area contributed by atoms with Crippen molar-refractivity contribution in [3.63, 3.8) is 0 Å². The average molecular weight is 468 g/mol. The predicted octanol–water partition coefficient (Wildman–Crippen LogP) is 3.81. The lowest BCUT2D eigenvalue weighted by molar-refractivity contribution is -0.143. The van der Waals surface area contributed by atoms with Gasteiger partial charge in [0.1, 0.15) is 11.9 Å². The zero-order valence-corrected chi connectivity index (χ0v) is 19.2. The van der Waals surface area contributed by atoms with Crippen LogP contribution < -0.4 is 10.6 Å². The first kappa shape index (κ1) is 25.3. The number of fused-ring (bicyclic) bond motifs is 1. The van der Waals surface area contributed by atoms with Crippen LogP contribution in [0.1, 0.15) is 63.1 Å². The van der Waals surface area contributed by atoms with Crippen LogP contribution in [0.25, 0.3) is 0 Å². The highest BCUT2D eigenvalue weighted by Crippen LogP contribution is 2.34. The van der Waals surface area contributed by atoms with Crippen molar-refractivity contribution in [3.8, 4) is 0 Å². The normalized spacial score (nSPS) is 21.5. The van der Waals surface area contributed by atoms with E-state index in [4.69, 9.17) is 9.72 Å². The highest BCUT2D eigenvalue weighted by molar-refractivity contribution is 5.84. The third kappa shape index (κ3) is 7.62. The Morgan fingerprint density at radius 2 is 2.12 bits per heavy atom. The van der Waals surface area contributed by atoms with Crippen LogP contribution in [0.2, 0.25) is 0 Å². The number of aromatic nitrogens is 1. The summed E-state index contributed by atoms with van der Waals surface area (Å²) in [6.07, 6.45) is 3.34. The molecule has 1 saturated carbocycles. The fraction of sp³-hybridized carbons (Fsp3) is 0.708. The Balaban J connectivity index is 1.33. The van der Waals surface area contributed by atoms with E-state index in [1.165, 1.54) is 5.56 Å². The Morgan fingerprint density at radius 3 is 2.82 bits per heavy atom. The number of ether oxygens (including phenoxy) is 1. The summed E-state index contributed by atoms with van der Waals surface area (Å²) in [6.45, 7) is 2.82. The Hall–Kier alpha value is -2.29. The van der Waals surface area contributed by atoms with Gasteiger partial charge in [-0.3, -0.25) is 4.79 Å². The van der Waals surface area contributed by atoms with Gasteiger partial charge in [0, 0.05) is 37.6 Å². The lowest BCUT2D eigenvalue weighted by atomic mass is 9.79. The Morgan fingerprint density at radius 1 is 1.33 bits per heavy atom. The van der Waals surface area contributed by atoms with E-state index in [1.807, 2.05) is 0 Å². The van der Waals surface area contributed by atoms with E-state index in [2.05, 4.69) is 22.8 Å². The topological polar surface area (TPSA) is 101 Å². The fourth-order valence-electron chi connectivity index (χ4n) is 4.48. The second-order valence-electron chi connectivity index (χ2n) is 9.13. The van der Waals surface area contributed by atoms with Crippen molar-refractivity contribution < 1.29 is 28.2 Å². The molecule has 0 aromatic carbocycles. The van der Waals surface area contributed by atoms with Gasteiger partial charge >= 0.3 is 5.97 Å². The maximum atomic E-state index is 12.6. The van der Waals surface area contributed by atoms with E-state index in [0.29, 0.717) is 5.92 Å². The smallest absolute Gasteiger partial charge is 0.326 e. The van der Waals surface area contributed by atoms with E-state index >= 15 is 0 Å². The molecule has 3 N–H and O–H groups in total. The minimum Gasteiger partial charge on any atom is -0.480 e. The van der Waals surface area contributed by atoms with Crippen LogP contribution in [-0.4, -0.2) is 53.7 Å². The molecule has 184 valence electrons. The Bertz CT molecular complexity index is 802. The lowest BCUT2D eigenvalue weighted by Crippen LogP contribution is -2.45. The second kappa shape index (κ2) is 12.3. The molecule has 1 fully saturated rings. The van der Waals surface area contributed by atoms with Gasteiger partial charge in [-0.1, -0.05) is 13.0 Å². The first-order valence-corrected chi connectivity index (χ1v) is 12.0. The van der Waals surface area contributed by atoms with Gasteiger partial charge in [-0.15, -0.1) is 0 Å². The molecule has 0 bridgehead atoms. The minimum absolute atomic E-state index is 0.0977. The van der Waals surface area contributed by atoms with E-state index in [-0.39, 0.29) is 25.6 Å². The third-order valence-electron chi connectivity index (χ3n) is 6.65. The number of pyridine rings is 1. The number of alkyl halides is 2. The van der Waals surface area contributed by atoms with Crippen LogP contribution in [0.15, 0.2) is 12.1 Å². The zero-order chi connectivity index (χ0) is 23.8. The summed E-state index contributed by atoms with van der Waals surface area (Å²) in [4.78, 5) is 28.3. The highest BCUT2D eigenvalue weighted by Gasteiger charge is 2.31. The van der Waals surface area contributed by atoms with Gasteiger partial charge in [0.15, 0.2) is 0 Å². The number of halogens is 2. The van der Waals surface area contributed by atoms with E-state index in [0.717, 1.165) is 56.6 Å². The maximum absolute atomic E-state index is 12.6.